The van der Waals surface area contributed by atoms with Crippen LogP contribution in [0.5, 0.6) is 0 Å². The van der Waals surface area contributed by atoms with Crippen molar-refractivity contribution >= 4 is 16.9 Å². The molecule has 0 nitrogen and oxygen atoms in total. The predicted octanol–water partition coefficient (Wildman–Crippen LogP) is 3.77. The zero-order valence-corrected chi connectivity index (χ0v) is 11.6. The molecule has 0 N–H and O–H groups in total. The lowest BCUT2D eigenvalue weighted by Gasteiger charge is -2.18. The summed E-state index contributed by atoms with van der Waals surface area (Å²) < 4.78 is 0. The number of hydrogen-bond donors (Lipinski definition) is 0. The van der Waals surface area contributed by atoms with E-state index >= 15 is 0 Å². The topological polar surface area (TPSA) is 0 Å². The first-order chi connectivity index (χ1) is 4.95. The van der Waals surface area contributed by atoms with Crippen molar-refractivity contribution in [3.63, 3.8) is 0 Å². The molecule has 0 rings (SSSR count). The maximum absolute atomic E-state index is 2.50. The van der Waals surface area contributed by atoms with Crippen LogP contribution in [-0.4, -0.2) is 16.9 Å². The number of rotatable bonds is 3. The molecule has 1 unspecified atom stereocenters. The van der Waals surface area contributed by atoms with E-state index in [2.05, 4.69) is 33.1 Å². The van der Waals surface area contributed by atoms with Crippen LogP contribution in [0.3, 0.4) is 0 Å². The molecule has 0 aromatic carbocycles. The number of hydrogen-bond acceptors (Lipinski definition) is 0. The standard InChI is InChI=1S/C7H20Si2.C2H6/c1-6-8(2)7-9(3,4)5;1-2/h8H,6-7H2,1-5H3;1-2H3. The van der Waals surface area contributed by atoms with E-state index in [4.69, 9.17) is 0 Å². The van der Waals surface area contributed by atoms with Crippen LogP contribution in [0, 0.1) is 0 Å². The maximum atomic E-state index is 2.50. The third-order valence-electron chi connectivity index (χ3n) is 1.66. The van der Waals surface area contributed by atoms with Crippen LogP contribution >= 0.6 is 0 Å². The van der Waals surface area contributed by atoms with Crippen molar-refractivity contribution < 1.29 is 0 Å². The molecule has 0 amide bonds. The lowest BCUT2D eigenvalue weighted by Crippen LogP contribution is -2.26. The van der Waals surface area contributed by atoms with Crippen LogP contribution in [0.4, 0.5) is 0 Å². The summed E-state index contributed by atoms with van der Waals surface area (Å²) in [6.45, 7) is 16.3. The molecule has 0 aromatic heterocycles. The summed E-state index contributed by atoms with van der Waals surface area (Å²) >= 11 is 0. The third kappa shape index (κ3) is 13.4. The van der Waals surface area contributed by atoms with Crippen molar-refractivity contribution in [1.29, 1.82) is 0 Å². The SMILES string of the molecule is CC.CC[SiH](C)C[Si](C)(C)C. The second kappa shape index (κ2) is 7.10. The van der Waals surface area contributed by atoms with E-state index in [1.807, 2.05) is 13.8 Å². The summed E-state index contributed by atoms with van der Waals surface area (Å²) in [6, 6.07) is 1.49. The summed E-state index contributed by atoms with van der Waals surface area (Å²) in [5.41, 5.74) is 1.63. The van der Waals surface area contributed by atoms with E-state index in [1.54, 1.807) is 5.67 Å². The Kier molecular flexibility index (Phi) is 9.03. The third-order valence-corrected chi connectivity index (χ3v) is 10.7. The van der Waals surface area contributed by atoms with Crippen LogP contribution in [-0.2, 0) is 0 Å². The first-order valence-electron chi connectivity index (χ1n) is 4.95. The van der Waals surface area contributed by atoms with E-state index in [-0.39, 0.29) is 8.80 Å². The Morgan fingerprint density at radius 3 is 1.55 bits per heavy atom. The maximum Gasteiger partial charge on any atom is 0.0413 e. The summed E-state index contributed by atoms with van der Waals surface area (Å²) in [7, 11) is -0.924. The van der Waals surface area contributed by atoms with E-state index in [0.29, 0.717) is 0 Å². The molecule has 0 aliphatic carbocycles. The fourth-order valence-corrected chi connectivity index (χ4v) is 10.7. The largest absolute Gasteiger partial charge is 0.0722 e. The van der Waals surface area contributed by atoms with Crippen LogP contribution in [0.15, 0.2) is 0 Å². The minimum absolute atomic E-state index is 0.245. The van der Waals surface area contributed by atoms with Crippen molar-refractivity contribution in [1.82, 2.24) is 0 Å². The van der Waals surface area contributed by atoms with Gasteiger partial charge in [-0.15, -0.1) is 0 Å². The average molecular weight is 190 g/mol. The normalized spacial score (nSPS) is 13.4. The molecule has 0 saturated heterocycles. The average Bonchev–Trinajstić information content (AvgIpc) is 1.89. The molecule has 70 valence electrons. The summed E-state index contributed by atoms with van der Waals surface area (Å²) in [6.07, 6.45) is 0. The summed E-state index contributed by atoms with van der Waals surface area (Å²) in [5, 5.41) is 0. The first-order valence-corrected chi connectivity index (χ1v) is 11.4. The highest BCUT2D eigenvalue weighted by Gasteiger charge is 2.16. The van der Waals surface area contributed by atoms with Gasteiger partial charge in [-0.05, 0) is 0 Å². The summed E-state index contributed by atoms with van der Waals surface area (Å²) in [5.74, 6) is 0. The van der Waals surface area contributed by atoms with Gasteiger partial charge in [0.25, 0.3) is 0 Å². The fraction of sp³-hybridized carbons (Fsp3) is 1.00. The van der Waals surface area contributed by atoms with E-state index < -0.39 is 8.07 Å². The van der Waals surface area contributed by atoms with Gasteiger partial charge in [-0.1, -0.05) is 58.7 Å². The van der Waals surface area contributed by atoms with E-state index in [9.17, 15) is 0 Å². The van der Waals surface area contributed by atoms with Gasteiger partial charge in [-0.25, -0.2) is 0 Å². The molecule has 0 aliphatic heterocycles. The highest BCUT2D eigenvalue weighted by atomic mass is 28.4. The van der Waals surface area contributed by atoms with Gasteiger partial charge in [0, 0.05) is 16.9 Å². The Bertz CT molecular complexity index is 74.1. The van der Waals surface area contributed by atoms with Gasteiger partial charge in [0.15, 0.2) is 0 Å². The smallest absolute Gasteiger partial charge is 0.0413 e. The molecule has 0 bridgehead atoms. The highest BCUT2D eigenvalue weighted by molar-refractivity contribution is 6.87. The van der Waals surface area contributed by atoms with Crippen molar-refractivity contribution in [2.75, 3.05) is 0 Å². The minimum atomic E-state index is -0.680. The molecule has 0 radical (unpaired) electrons. The quantitative estimate of drug-likeness (QED) is 0.594. The van der Waals surface area contributed by atoms with Gasteiger partial charge in [0.1, 0.15) is 0 Å². The molecule has 2 heteroatoms. The first kappa shape index (κ1) is 14.0. The molecule has 0 heterocycles. The van der Waals surface area contributed by atoms with Crippen LogP contribution in [0.1, 0.15) is 20.8 Å². The molecule has 1 atom stereocenters. The van der Waals surface area contributed by atoms with Crippen molar-refractivity contribution in [3.05, 3.63) is 0 Å². The van der Waals surface area contributed by atoms with Gasteiger partial charge in [0.05, 0.1) is 0 Å². The van der Waals surface area contributed by atoms with Crippen molar-refractivity contribution in [2.24, 2.45) is 0 Å². The Balaban J connectivity index is 0. The molecular formula is C9H26Si2. The van der Waals surface area contributed by atoms with Crippen LogP contribution < -0.4 is 0 Å². The van der Waals surface area contributed by atoms with Crippen LogP contribution in [0.25, 0.3) is 0 Å². The van der Waals surface area contributed by atoms with E-state index in [1.165, 1.54) is 6.04 Å². The van der Waals surface area contributed by atoms with Gasteiger partial charge < -0.3 is 0 Å². The Hall–Kier alpha value is 0.434. The zero-order chi connectivity index (χ0) is 9.49. The van der Waals surface area contributed by atoms with Gasteiger partial charge >= 0.3 is 0 Å². The van der Waals surface area contributed by atoms with Gasteiger partial charge in [-0.3, -0.25) is 0 Å². The monoisotopic (exact) mass is 190 g/mol. The van der Waals surface area contributed by atoms with Gasteiger partial charge in [-0.2, -0.15) is 0 Å². The van der Waals surface area contributed by atoms with E-state index in [0.717, 1.165) is 0 Å². The fourth-order valence-electron chi connectivity index (χ4n) is 1.19. The predicted molar refractivity (Wildman–Crippen MR) is 63.0 cm³/mol. The van der Waals surface area contributed by atoms with Crippen molar-refractivity contribution in [2.45, 2.75) is 58.7 Å². The minimum Gasteiger partial charge on any atom is -0.0722 e. The summed E-state index contributed by atoms with van der Waals surface area (Å²) in [4.78, 5) is 0. The zero-order valence-electron chi connectivity index (χ0n) is 9.49. The molecular weight excluding hydrogens is 164 g/mol. The lowest BCUT2D eigenvalue weighted by atomic mass is 11.0. The second-order valence-corrected chi connectivity index (χ2v) is 14.1. The Morgan fingerprint density at radius 1 is 1.09 bits per heavy atom. The molecule has 11 heavy (non-hydrogen) atoms. The van der Waals surface area contributed by atoms with Gasteiger partial charge in [0.2, 0.25) is 0 Å². The van der Waals surface area contributed by atoms with Crippen LogP contribution in [0.2, 0.25) is 37.9 Å². The Labute approximate surface area is 76.0 Å². The Morgan fingerprint density at radius 2 is 1.45 bits per heavy atom. The molecule has 0 saturated carbocycles. The molecule has 0 aromatic rings. The molecule has 0 aliphatic rings. The second-order valence-electron chi connectivity index (χ2n) is 4.28. The molecule has 0 fully saturated rings. The van der Waals surface area contributed by atoms with Crippen molar-refractivity contribution in [3.8, 4) is 0 Å². The lowest BCUT2D eigenvalue weighted by molar-refractivity contribution is 1.38. The highest BCUT2D eigenvalue weighted by Crippen LogP contribution is 2.12. The molecule has 0 spiro atoms.